The van der Waals surface area contributed by atoms with Crippen LogP contribution in [0.3, 0.4) is 0 Å². The second kappa shape index (κ2) is 10.1. The van der Waals surface area contributed by atoms with E-state index in [0.29, 0.717) is 28.5 Å². The Morgan fingerprint density at radius 2 is 1.69 bits per heavy atom. The number of aliphatic hydroxyl groups excluding tert-OH is 1. The fourth-order valence-electron chi connectivity index (χ4n) is 2.47. The van der Waals surface area contributed by atoms with Crippen LogP contribution in [-0.4, -0.2) is 43.1 Å². The van der Waals surface area contributed by atoms with Crippen molar-refractivity contribution in [2.75, 3.05) is 26.6 Å². The molecule has 0 bridgehead atoms. The van der Waals surface area contributed by atoms with E-state index >= 15 is 0 Å². The van der Waals surface area contributed by atoms with E-state index in [4.69, 9.17) is 18.9 Å². The van der Waals surface area contributed by atoms with Crippen molar-refractivity contribution in [1.82, 2.24) is 0 Å². The van der Waals surface area contributed by atoms with Crippen LogP contribution in [0.15, 0.2) is 30.3 Å². The fraction of sp³-hybridized carbons (Fsp3) is 0.300. The Morgan fingerprint density at radius 1 is 1.07 bits per heavy atom. The van der Waals surface area contributed by atoms with E-state index < -0.39 is 10.8 Å². The number of anilines is 1. The maximum Gasteiger partial charge on any atom is 0.343 e. The monoisotopic (exact) mass is 467 g/mol. The van der Waals surface area contributed by atoms with Gasteiger partial charge in [-0.3, -0.25) is 4.79 Å². The zero-order valence-corrected chi connectivity index (χ0v) is 18.0. The Balaban J connectivity index is 2.32. The molecule has 1 unspecified atom stereocenters. The lowest BCUT2D eigenvalue weighted by molar-refractivity contribution is -0.115. The van der Waals surface area contributed by atoms with Crippen molar-refractivity contribution in [3.05, 3.63) is 41.5 Å². The van der Waals surface area contributed by atoms with E-state index in [1.165, 1.54) is 45.6 Å². The minimum absolute atomic E-state index is 0.188. The number of alkyl halides is 1. The van der Waals surface area contributed by atoms with Gasteiger partial charge in [0.15, 0.2) is 11.5 Å². The number of halogens is 1. The van der Waals surface area contributed by atoms with Crippen LogP contribution in [0, 0.1) is 0 Å². The van der Waals surface area contributed by atoms with Crippen LogP contribution in [0.25, 0.3) is 0 Å². The molecule has 2 aromatic rings. The second-order valence-corrected chi connectivity index (χ2v) is 7.26. The molecule has 2 aromatic carbocycles. The van der Waals surface area contributed by atoms with E-state index in [2.05, 4.69) is 21.2 Å². The molecule has 2 rings (SSSR count). The third-order valence-corrected chi connectivity index (χ3v) is 4.40. The third-order valence-electron chi connectivity index (χ3n) is 3.98. The van der Waals surface area contributed by atoms with Gasteiger partial charge in [-0.1, -0.05) is 22.0 Å². The highest BCUT2D eigenvalue weighted by molar-refractivity contribution is 9.10. The first kappa shape index (κ1) is 22.5. The highest BCUT2D eigenvalue weighted by atomic mass is 79.9. The number of carbonyl (C=O) groups excluding carboxylic acids is 2. The molecule has 0 radical (unpaired) electrons. The predicted molar refractivity (Wildman–Crippen MR) is 110 cm³/mol. The first-order valence-corrected chi connectivity index (χ1v) is 9.47. The number of esters is 1. The molecule has 1 amide bonds. The number of methoxy groups -OCH3 is 3. The topological polar surface area (TPSA) is 103 Å². The molecule has 0 aliphatic rings. The van der Waals surface area contributed by atoms with Crippen LogP contribution in [0.1, 0.15) is 22.8 Å². The number of benzene rings is 2. The quantitative estimate of drug-likeness (QED) is 0.349. The minimum Gasteiger partial charge on any atom is -0.493 e. The molecule has 0 aliphatic carbocycles. The normalized spacial score (nSPS) is 11.4. The summed E-state index contributed by atoms with van der Waals surface area (Å²) in [5, 5.41) is 12.1. The molecular formula is C20H22BrNO7. The highest BCUT2D eigenvalue weighted by Gasteiger charge is 2.18. The first-order valence-electron chi connectivity index (χ1n) is 8.55. The van der Waals surface area contributed by atoms with Crippen molar-refractivity contribution >= 4 is 33.5 Å². The number of hydrogen-bond acceptors (Lipinski definition) is 7. The molecule has 156 valence electrons. The van der Waals surface area contributed by atoms with Crippen LogP contribution >= 0.6 is 15.9 Å². The molecule has 0 spiro atoms. The largest absolute Gasteiger partial charge is 0.493 e. The zero-order chi connectivity index (χ0) is 21.6. The molecule has 2 N–H and O–H groups in total. The first-order chi connectivity index (χ1) is 13.8. The lowest BCUT2D eigenvalue weighted by Crippen LogP contribution is -2.21. The van der Waals surface area contributed by atoms with Gasteiger partial charge in [-0.25, -0.2) is 4.79 Å². The summed E-state index contributed by atoms with van der Waals surface area (Å²) in [7, 11) is 4.38. The molecule has 0 aliphatic heterocycles. The average Bonchev–Trinajstić information content (AvgIpc) is 2.72. The number of amides is 1. The van der Waals surface area contributed by atoms with Gasteiger partial charge in [-0.05, 0) is 19.1 Å². The van der Waals surface area contributed by atoms with E-state index in [1.54, 1.807) is 13.0 Å². The smallest absolute Gasteiger partial charge is 0.343 e. The summed E-state index contributed by atoms with van der Waals surface area (Å²) in [5.74, 6) is 0.265. The minimum atomic E-state index is -0.661. The maximum absolute atomic E-state index is 12.6. The summed E-state index contributed by atoms with van der Waals surface area (Å²) >= 11 is 3.17. The number of aliphatic hydroxyl groups is 1. The standard InChI is InChI=1S/C20H22BrNO7/c1-11(21)19(24)22-15-7-12(5-6-13(15)10-23)20(25)29-14-8-16(26-2)18(28-4)17(9-14)27-3/h5-9,11,23H,10H2,1-4H3,(H,22,24). The summed E-state index contributed by atoms with van der Waals surface area (Å²) in [6.07, 6.45) is 0. The van der Waals surface area contributed by atoms with Gasteiger partial charge < -0.3 is 29.4 Å². The van der Waals surface area contributed by atoms with E-state index in [-0.39, 0.29) is 23.8 Å². The van der Waals surface area contributed by atoms with E-state index in [0.717, 1.165) is 0 Å². The van der Waals surface area contributed by atoms with Crippen molar-refractivity contribution in [2.24, 2.45) is 0 Å². The molecule has 0 aromatic heterocycles. The number of ether oxygens (including phenoxy) is 4. The number of carbonyl (C=O) groups is 2. The Kier molecular flexibility index (Phi) is 7.86. The van der Waals surface area contributed by atoms with Crippen molar-refractivity contribution in [2.45, 2.75) is 18.4 Å². The molecule has 8 nitrogen and oxygen atoms in total. The summed E-state index contributed by atoms with van der Waals surface area (Å²) in [6.45, 7) is 1.37. The SMILES string of the molecule is COc1cc(OC(=O)c2ccc(CO)c(NC(=O)C(C)Br)c2)cc(OC)c1OC. The van der Waals surface area contributed by atoms with Crippen LogP contribution < -0.4 is 24.3 Å². The van der Waals surface area contributed by atoms with Gasteiger partial charge in [0, 0.05) is 23.4 Å². The highest BCUT2D eigenvalue weighted by Crippen LogP contribution is 2.41. The number of hydrogen-bond donors (Lipinski definition) is 2. The zero-order valence-electron chi connectivity index (χ0n) is 16.4. The van der Waals surface area contributed by atoms with Crippen molar-refractivity contribution < 1.29 is 33.6 Å². The molecule has 0 fully saturated rings. The number of nitrogens with one attached hydrogen (secondary N) is 1. The number of rotatable bonds is 8. The molecule has 1 atom stereocenters. The lowest BCUT2D eigenvalue weighted by Gasteiger charge is -2.15. The van der Waals surface area contributed by atoms with Crippen molar-refractivity contribution in [1.29, 1.82) is 0 Å². The summed E-state index contributed by atoms with van der Waals surface area (Å²) in [4.78, 5) is 24.1. The molecule has 29 heavy (non-hydrogen) atoms. The third kappa shape index (κ3) is 5.39. The van der Waals surface area contributed by atoms with E-state index in [9.17, 15) is 14.7 Å². The van der Waals surface area contributed by atoms with Gasteiger partial charge in [0.2, 0.25) is 11.7 Å². The van der Waals surface area contributed by atoms with Crippen LogP contribution in [0.4, 0.5) is 5.69 Å². The van der Waals surface area contributed by atoms with Crippen molar-refractivity contribution in [3.8, 4) is 23.0 Å². The average molecular weight is 468 g/mol. The Morgan fingerprint density at radius 3 is 2.17 bits per heavy atom. The second-order valence-electron chi connectivity index (χ2n) is 5.89. The lowest BCUT2D eigenvalue weighted by atomic mass is 10.1. The van der Waals surface area contributed by atoms with Gasteiger partial charge in [0.25, 0.3) is 0 Å². The maximum atomic E-state index is 12.6. The molecule has 0 saturated heterocycles. The Labute approximate surface area is 176 Å². The van der Waals surface area contributed by atoms with Gasteiger partial charge >= 0.3 is 5.97 Å². The Bertz CT molecular complexity index is 873. The van der Waals surface area contributed by atoms with Gasteiger partial charge in [0.05, 0.1) is 38.3 Å². The summed E-state index contributed by atoms with van der Waals surface area (Å²) < 4.78 is 21.2. The fourth-order valence-corrected chi connectivity index (χ4v) is 2.59. The van der Waals surface area contributed by atoms with Gasteiger partial charge in [-0.2, -0.15) is 0 Å². The summed E-state index contributed by atoms with van der Waals surface area (Å²) in [6, 6.07) is 7.48. The van der Waals surface area contributed by atoms with Crippen molar-refractivity contribution in [3.63, 3.8) is 0 Å². The van der Waals surface area contributed by atoms with Crippen LogP contribution in [-0.2, 0) is 11.4 Å². The van der Waals surface area contributed by atoms with E-state index in [1.807, 2.05) is 0 Å². The van der Waals surface area contributed by atoms with Crippen LogP contribution in [0.2, 0.25) is 0 Å². The van der Waals surface area contributed by atoms with Gasteiger partial charge in [-0.15, -0.1) is 0 Å². The molecule has 0 heterocycles. The Hall–Kier alpha value is -2.78. The summed E-state index contributed by atoms with van der Waals surface area (Å²) in [5.41, 5.74) is 0.979. The molecule has 0 saturated carbocycles. The molecule has 9 heteroatoms. The van der Waals surface area contributed by atoms with Crippen LogP contribution in [0.5, 0.6) is 23.0 Å². The predicted octanol–water partition coefficient (Wildman–Crippen LogP) is 3.15. The molecular weight excluding hydrogens is 446 g/mol. The van der Waals surface area contributed by atoms with Gasteiger partial charge in [0.1, 0.15) is 5.75 Å².